The van der Waals surface area contributed by atoms with E-state index in [1.807, 2.05) is 23.1 Å². The zero-order valence-electron chi connectivity index (χ0n) is 8.94. The molecule has 0 radical (unpaired) electrons. The summed E-state index contributed by atoms with van der Waals surface area (Å²) in [5.74, 6) is 0. The lowest BCUT2D eigenvalue weighted by atomic mass is 10.1. The molecular formula is C12H16N2O. The summed E-state index contributed by atoms with van der Waals surface area (Å²) in [6, 6.07) is 10.5. The average Bonchev–Trinajstić information content (AvgIpc) is 2.63. The van der Waals surface area contributed by atoms with E-state index in [-0.39, 0.29) is 12.1 Å². The van der Waals surface area contributed by atoms with Crippen molar-refractivity contribution in [3.63, 3.8) is 0 Å². The summed E-state index contributed by atoms with van der Waals surface area (Å²) in [5.41, 5.74) is 1.21. The van der Waals surface area contributed by atoms with E-state index in [1.165, 1.54) is 5.56 Å². The number of hydrogen-bond acceptors (Lipinski definition) is 1. The lowest BCUT2D eigenvalue weighted by Crippen LogP contribution is -2.30. The van der Waals surface area contributed by atoms with E-state index in [0.717, 1.165) is 19.5 Å². The molecule has 3 nitrogen and oxygen atoms in total. The Balaban J connectivity index is 2.18. The molecule has 1 unspecified atom stereocenters. The number of amides is 2. The molecule has 2 rings (SSSR count). The number of nitrogens with one attached hydrogen (secondary N) is 1. The molecule has 1 saturated heterocycles. The molecule has 2 amide bonds. The summed E-state index contributed by atoms with van der Waals surface area (Å²) < 4.78 is 0. The molecule has 1 aromatic carbocycles. The van der Waals surface area contributed by atoms with Crippen LogP contribution in [0.15, 0.2) is 30.3 Å². The summed E-state index contributed by atoms with van der Waals surface area (Å²) in [6.45, 7) is 3.64. The smallest absolute Gasteiger partial charge is 0.318 e. The molecule has 0 aromatic heterocycles. The molecular weight excluding hydrogens is 188 g/mol. The lowest BCUT2D eigenvalue weighted by Gasteiger charge is -2.22. The molecule has 1 heterocycles. The maximum atomic E-state index is 11.6. The maximum Gasteiger partial charge on any atom is 0.318 e. The van der Waals surface area contributed by atoms with Gasteiger partial charge in [-0.2, -0.15) is 0 Å². The number of carbonyl (C=O) groups is 1. The summed E-state index contributed by atoms with van der Waals surface area (Å²) in [5, 5.41) is 2.89. The van der Waals surface area contributed by atoms with E-state index in [1.54, 1.807) is 0 Å². The average molecular weight is 204 g/mol. The first kappa shape index (κ1) is 10.0. The van der Waals surface area contributed by atoms with Crippen molar-refractivity contribution in [3.05, 3.63) is 35.9 Å². The molecule has 1 fully saturated rings. The van der Waals surface area contributed by atoms with Gasteiger partial charge in [-0.15, -0.1) is 0 Å². The van der Waals surface area contributed by atoms with Crippen molar-refractivity contribution >= 4 is 6.03 Å². The second-order valence-corrected chi connectivity index (χ2v) is 3.81. The van der Waals surface area contributed by atoms with Crippen LogP contribution in [0, 0.1) is 0 Å². The summed E-state index contributed by atoms with van der Waals surface area (Å²) in [6.07, 6.45) is 0.997. The predicted molar refractivity (Wildman–Crippen MR) is 59.6 cm³/mol. The summed E-state index contributed by atoms with van der Waals surface area (Å²) in [7, 11) is 0. The van der Waals surface area contributed by atoms with Gasteiger partial charge in [0.15, 0.2) is 0 Å². The first-order chi connectivity index (χ1) is 7.33. The van der Waals surface area contributed by atoms with Crippen molar-refractivity contribution in [2.45, 2.75) is 19.4 Å². The van der Waals surface area contributed by atoms with Crippen LogP contribution in [0.3, 0.4) is 0 Å². The molecule has 0 saturated carbocycles. The fourth-order valence-corrected chi connectivity index (χ4v) is 2.01. The fraction of sp³-hybridized carbons (Fsp3) is 0.417. The Labute approximate surface area is 90.1 Å². The molecule has 1 atom stereocenters. The van der Waals surface area contributed by atoms with E-state index in [4.69, 9.17) is 0 Å². The standard InChI is InChI=1S/C12H16N2O/c1-2-8-14-11(9-13-12(14)15)10-6-4-3-5-7-10/h3-7,11H,2,8-9H2,1H3,(H,13,15). The zero-order valence-corrected chi connectivity index (χ0v) is 8.94. The number of nitrogens with zero attached hydrogens (tertiary/aromatic N) is 1. The maximum absolute atomic E-state index is 11.6. The molecule has 0 spiro atoms. The summed E-state index contributed by atoms with van der Waals surface area (Å²) in [4.78, 5) is 13.5. The first-order valence-electron chi connectivity index (χ1n) is 5.42. The molecule has 1 aromatic rings. The van der Waals surface area contributed by atoms with Gasteiger partial charge in [0.25, 0.3) is 0 Å². The third-order valence-electron chi connectivity index (χ3n) is 2.73. The second kappa shape index (κ2) is 4.34. The number of carbonyl (C=O) groups excluding carboxylic acids is 1. The topological polar surface area (TPSA) is 32.3 Å². The Bertz CT molecular complexity index is 337. The van der Waals surface area contributed by atoms with Crippen LogP contribution >= 0.6 is 0 Å². The van der Waals surface area contributed by atoms with Gasteiger partial charge < -0.3 is 10.2 Å². The van der Waals surface area contributed by atoms with Gasteiger partial charge in [0.2, 0.25) is 0 Å². The normalized spacial score (nSPS) is 20.5. The highest BCUT2D eigenvalue weighted by Crippen LogP contribution is 2.24. The third kappa shape index (κ3) is 1.96. The van der Waals surface area contributed by atoms with Crippen molar-refractivity contribution in [1.82, 2.24) is 10.2 Å². The molecule has 1 aliphatic rings. The van der Waals surface area contributed by atoms with Crippen molar-refractivity contribution in [3.8, 4) is 0 Å². The third-order valence-corrected chi connectivity index (χ3v) is 2.73. The van der Waals surface area contributed by atoms with Gasteiger partial charge in [0.05, 0.1) is 6.04 Å². The van der Waals surface area contributed by atoms with Gasteiger partial charge in [-0.05, 0) is 12.0 Å². The highest BCUT2D eigenvalue weighted by molar-refractivity contribution is 5.77. The van der Waals surface area contributed by atoms with Crippen LogP contribution in [0.5, 0.6) is 0 Å². The minimum Gasteiger partial charge on any atom is -0.336 e. The van der Waals surface area contributed by atoms with E-state index in [2.05, 4.69) is 24.4 Å². The van der Waals surface area contributed by atoms with Crippen LogP contribution in [-0.4, -0.2) is 24.0 Å². The van der Waals surface area contributed by atoms with Crippen molar-refractivity contribution in [2.24, 2.45) is 0 Å². The zero-order chi connectivity index (χ0) is 10.7. The minimum atomic E-state index is 0.0608. The Hall–Kier alpha value is -1.51. The second-order valence-electron chi connectivity index (χ2n) is 3.81. The largest absolute Gasteiger partial charge is 0.336 e. The van der Waals surface area contributed by atoms with Crippen molar-refractivity contribution < 1.29 is 4.79 Å². The van der Waals surface area contributed by atoms with Crippen LogP contribution in [0.1, 0.15) is 24.9 Å². The van der Waals surface area contributed by atoms with Crippen LogP contribution in [-0.2, 0) is 0 Å². The quantitative estimate of drug-likeness (QED) is 0.804. The monoisotopic (exact) mass is 204 g/mol. The van der Waals surface area contributed by atoms with Gasteiger partial charge in [-0.1, -0.05) is 37.3 Å². The molecule has 0 aliphatic carbocycles. The highest BCUT2D eigenvalue weighted by atomic mass is 16.2. The SMILES string of the molecule is CCCN1C(=O)NCC1c1ccccc1. The van der Waals surface area contributed by atoms with Gasteiger partial charge in [0.1, 0.15) is 0 Å². The Kier molecular flexibility index (Phi) is 2.90. The molecule has 15 heavy (non-hydrogen) atoms. The molecule has 3 heteroatoms. The fourth-order valence-electron chi connectivity index (χ4n) is 2.01. The van der Waals surface area contributed by atoms with Crippen LogP contribution in [0.25, 0.3) is 0 Å². The number of urea groups is 1. The van der Waals surface area contributed by atoms with Crippen LogP contribution in [0.4, 0.5) is 4.79 Å². The van der Waals surface area contributed by atoms with Gasteiger partial charge in [-0.25, -0.2) is 4.79 Å². The van der Waals surface area contributed by atoms with Gasteiger partial charge >= 0.3 is 6.03 Å². The van der Waals surface area contributed by atoms with Crippen molar-refractivity contribution in [1.29, 1.82) is 0 Å². The minimum absolute atomic E-state index is 0.0608. The van der Waals surface area contributed by atoms with E-state index in [0.29, 0.717) is 0 Å². The van der Waals surface area contributed by atoms with Crippen LogP contribution in [0.2, 0.25) is 0 Å². The Morgan fingerprint density at radius 1 is 1.40 bits per heavy atom. The van der Waals surface area contributed by atoms with Crippen LogP contribution < -0.4 is 5.32 Å². The lowest BCUT2D eigenvalue weighted by molar-refractivity contribution is 0.204. The first-order valence-corrected chi connectivity index (χ1v) is 5.42. The number of hydrogen-bond donors (Lipinski definition) is 1. The number of benzene rings is 1. The van der Waals surface area contributed by atoms with E-state index < -0.39 is 0 Å². The molecule has 0 bridgehead atoms. The highest BCUT2D eigenvalue weighted by Gasteiger charge is 2.30. The number of rotatable bonds is 3. The van der Waals surface area contributed by atoms with E-state index in [9.17, 15) is 4.79 Å². The molecule has 1 N–H and O–H groups in total. The van der Waals surface area contributed by atoms with E-state index >= 15 is 0 Å². The summed E-state index contributed by atoms with van der Waals surface area (Å²) >= 11 is 0. The predicted octanol–water partition coefficient (Wildman–Crippen LogP) is 2.16. The Morgan fingerprint density at radius 2 is 2.13 bits per heavy atom. The molecule has 80 valence electrons. The Morgan fingerprint density at radius 3 is 2.80 bits per heavy atom. The molecule has 1 aliphatic heterocycles. The van der Waals surface area contributed by atoms with Gasteiger partial charge in [-0.3, -0.25) is 0 Å². The van der Waals surface area contributed by atoms with Gasteiger partial charge in [0, 0.05) is 13.1 Å². The van der Waals surface area contributed by atoms with Crippen molar-refractivity contribution in [2.75, 3.05) is 13.1 Å².